The summed E-state index contributed by atoms with van der Waals surface area (Å²) in [6.45, 7) is 2.24. The molecule has 0 radical (unpaired) electrons. The van der Waals surface area contributed by atoms with E-state index in [2.05, 4.69) is 16.1 Å². The first kappa shape index (κ1) is 32.8. The Morgan fingerprint density at radius 3 is 2.02 bits per heavy atom. The molecule has 0 aliphatic carbocycles. The maximum atomic E-state index is 12.6. The van der Waals surface area contributed by atoms with Gasteiger partial charge in [-0.2, -0.15) is 0 Å². The van der Waals surface area contributed by atoms with Gasteiger partial charge in [-0.05, 0) is 25.0 Å². The van der Waals surface area contributed by atoms with Crippen LogP contribution in [-0.4, -0.2) is 71.4 Å². The van der Waals surface area contributed by atoms with Crippen molar-refractivity contribution < 1.29 is 38.2 Å². The van der Waals surface area contributed by atoms with Gasteiger partial charge in [0.1, 0.15) is 31.5 Å². The Kier molecular flexibility index (Phi) is 13.0. The van der Waals surface area contributed by atoms with Gasteiger partial charge >= 0.3 is 12.2 Å². The molecule has 0 unspecified atom stereocenters. The second kappa shape index (κ2) is 16.6. The molecule has 0 spiro atoms. The number of primary amides is 1. The first-order chi connectivity index (χ1) is 20.0. The van der Waals surface area contributed by atoms with Gasteiger partial charge in [0.25, 0.3) is 5.91 Å². The van der Waals surface area contributed by atoms with Crippen LogP contribution in [-0.2, 0) is 41.8 Å². The van der Waals surface area contributed by atoms with Crippen molar-refractivity contribution in [1.82, 2.24) is 26.0 Å². The lowest BCUT2D eigenvalue weighted by atomic mass is 10.2. The molecule has 2 aromatic rings. The Labute approximate surface area is 242 Å². The molecule has 6 amide bonds. The average molecular weight is 583 g/mol. The van der Waals surface area contributed by atoms with Crippen molar-refractivity contribution in [2.45, 2.75) is 39.1 Å². The largest absolute Gasteiger partial charge is 0.445 e. The van der Waals surface area contributed by atoms with Gasteiger partial charge in [0, 0.05) is 19.7 Å². The molecule has 0 aliphatic heterocycles. The maximum Gasteiger partial charge on any atom is 0.434 e. The van der Waals surface area contributed by atoms with Crippen LogP contribution in [0.3, 0.4) is 0 Å². The van der Waals surface area contributed by atoms with Crippen LogP contribution in [0.2, 0.25) is 0 Å². The highest BCUT2D eigenvalue weighted by Crippen LogP contribution is 2.04. The van der Waals surface area contributed by atoms with E-state index in [0.29, 0.717) is 11.6 Å². The van der Waals surface area contributed by atoms with E-state index in [1.165, 1.54) is 18.7 Å². The van der Waals surface area contributed by atoms with E-state index in [9.17, 15) is 28.8 Å². The van der Waals surface area contributed by atoms with E-state index in [1.54, 1.807) is 31.3 Å². The zero-order valence-corrected chi connectivity index (χ0v) is 23.4. The molecule has 0 fully saturated rings. The number of amides is 6. The number of ether oxygens (including phenoxy) is 2. The van der Waals surface area contributed by atoms with Crippen LogP contribution in [0, 0.1) is 0 Å². The van der Waals surface area contributed by atoms with Crippen LogP contribution in [0.5, 0.6) is 0 Å². The molecule has 2 aromatic carbocycles. The zero-order chi connectivity index (χ0) is 31.1. The second-order valence-electron chi connectivity index (χ2n) is 9.05. The van der Waals surface area contributed by atoms with E-state index in [-0.39, 0.29) is 6.61 Å². The molecule has 0 saturated carbocycles. The Bertz CT molecular complexity index is 1270. The van der Waals surface area contributed by atoms with Crippen molar-refractivity contribution in [3.05, 3.63) is 84.1 Å². The minimum atomic E-state index is -1.22. The number of alkyl carbamates (subject to hydrolysis) is 1. The van der Waals surface area contributed by atoms with Gasteiger partial charge < -0.3 is 30.7 Å². The van der Waals surface area contributed by atoms with Crippen LogP contribution in [0.15, 0.2) is 73.0 Å². The van der Waals surface area contributed by atoms with Crippen molar-refractivity contribution in [3.8, 4) is 0 Å². The molecule has 0 heterocycles. The quantitative estimate of drug-likeness (QED) is 0.161. The Hall–Kier alpha value is -5.40. The Morgan fingerprint density at radius 1 is 0.857 bits per heavy atom. The van der Waals surface area contributed by atoms with Gasteiger partial charge in [-0.15, -0.1) is 0 Å². The summed E-state index contributed by atoms with van der Waals surface area (Å²) in [6, 6.07) is 15.8. The van der Waals surface area contributed by atoms with Gasteiger partial charge in [-0.1, -0.05) is 60.7 Å². The molecule has 0 saturated heterocycles. The summed E-state index contributed by atoms with van der Waals surface area (Å²) in [5.74, 6) is -3.07. The van der Waals surface area contributed by atoms with E-state index in [4.69, 9.17) is 15.2 Å². The van der Waals surface area contributed by atoms with Crippen LogP contribution < -0.4 is 21.8 Å². The Balaban J connectivity index is 1.84. The lowest BCUT2D eigenvalue weighted by Gasteiger charge is -2.23. The number of hydrazine groups is 1. The first-order valence-electron chi connectivity index (χ1n) is 12.8. The second-order valence-corrected chi connectivity index (χ2v) is 9.05. The number of hydrogen-bond acceptors (Lipinski definition) is 8. The van der Waals surface area contributed by atoms with E-state index >= 15 is 0 Å². The SMILES string of the molecule is C[C@H](NC(=O)OCc1ccccc1)C(=O)N[C@@H](C)C(=O)NN(CC(N)=O)C(=O)O/C=C/C(=O)N(C)Cc1ccccc1. The third-order valence-electron chi connectivity index (χ3n) is 5.49. The van der Waals surface area contributed by atoms with Gasteiger partial charge in [0.05, 0.1) is 0 Å². The van der Waals surface area contributed by atoms with Crippen LogP contribution in [0.4, 0.5) is 9.59 Å². The number of hydrogen-bond donors (Lipinski definition) is 4. The van der Waals surface area contributed by atoms with Crippen molar-refractivity contribution >= 4 is 35.8 Å². The molecule has 2 rings (SSSR count). The fourth-order valence-electron chi connectivity index (χ4n) is 3.22. The molecular formula is C28H34N6O8. The van der Waals surface area contributed by atoms with E-state index < -0.39 is 54.4 Å². The number of likely N-dealkylation sites (N-methyl/N-ethyl adjacent to an activating group) is 1. The smallest absolute Gasteiger partial charge is 0.434 e. The number of rotatable bonds is 12. The third kappa shape index (κ3) is 11.8. The molecule has 224 valence electrons. The van der Waals surface area contributed by atoms with Crippen LogP contribution in [0.25, 0.3) is 0 Å². The van der Waals surface area contributed by atoms with Crippen molar-refractivity contribution in [1.29, 1.82) is 0 Å². The maximum absolute atomic E-state index is 12.6. The number of benzene rings is 2. The van der Waals surface area contributed by atoms with E-state index in [1.807, 2.05) is 36.4 Å². The number of nitrogens with zero attached hydrogens (tertiary/aromatic N) is 2. The molecule has 5 N–H and O–H groups in total. The fraction of sp³-hybridized carbons (Fsp3) is 0.286. The highest BCUT2D eigenvalue weighted by atomic mass is 16.6. The summed E-state index contributed by atoms with van der Waals surface area (Å²) >= 11 is 0. The molecule has 0 aromatic heterocycles. The minimum absolute atomic E-state index is 0.000639. The summed E-state index contributed by atoms with van der Waals surface area (Å²) in [7, 11) is 1.56. The van der Waals surface area contributed by atoms with Gasteiger partial charge in [-0.25, -0.2) is 14.6 Å². The normalized spacial score (nSPS) is 11.9. The number of nitrogens with two attached hydrogens (primary N) is 1. The summed E-state index contributed by atoms with van der Waals surface area (Å²) in [5, 5.41) is 5.19. The topological polar surface area (TPSA) is 189 Å². The number of carbonyl (C=O) groups excluding carboxylic acids is 6. The molecule has 0 aliphatic rings. The first-order valence-corrected chi connectivity index (χ1v) is 12.8. The van der Waals surface area contributed by atoms with Crippen molar-refractivity contribution in [2.75, 3.05) is 13.6 Å². The summed E-state index contributed by atoms with van der Waals surface area (Å²) in [4.78, 5) is 74.6. The van der Waals surface area contributed by atoms with Crippen LogP contribution in [0.1, 0.15) is 25.0 Å². The van der Waals surface area contributed by atoms with Crippen molar-refractivity contribution in [2.24, 2.45) is 5.73 Å². The summed E-state index contributed by atoms with van der Waals surface area (Å²) in [5.41, 5.74) is 8.94. The molecule has 42 heavy (non-hydrogen) atoms. The third-order valence-corrected chi connectivity index (χ3v) is 5.49. The summed E-state index contributed by atoms with van der Waals surface area (Å²) in [6.07, 6.45) is -0.256. The van der Waals surface area contributed by atoms with E-state index in [0.717, 1.165) is 23.5 Å². The minimum Gasteiger partial charge on any atom is -0.445 e. The molecule has 14 heteroatoms. The number of nitrogens with one attached hydrogen (secondary N) is 3. The van der Waals surface area contributed by atoms with Gasteiger partial charge in [0.2, 0.25) is 17.7 Å². The predicted octanol–water partition coefficient (Wildman–Crippen LogP) is 0.933. The fourth-order valence-corrected chi connectivity index (χ4v) is 3.22. The van der Waals surface area contributed by atoms with Crippen molar-refractivity contribution in [3.63, 3.8) is 0 Å². The monoisotopic (exact) mass is 582 g/mol. The zero-order valence-electron chi connectivity index (χ0n) is 23.4. The highest BCUT2D eigenvalue weighted by Gasteiger charge is 2.25. The van der Waals surface area contributed by atoms with Crippen LogP contribution >= 0.6 is 0 Å². The molecule has 0 bridgehead atoms. The Morgan fingerprint density at radius 2 is 1.43 bits per heavy atom. The number of carbonyl (C=O) groups is 6. The standard InChI is InChI=1S/C28H34N6O8/c1-19(31-27(39)42-18-22-12-8-5-9-13-22)25(37)30-20(2)26(38)32-34(17-23(29)35)28(40)41-15-14-24(36)33(3)16-21-10-6-4-7-11-21/h4-15,19-20H,16-18H2,1-3H3,(H2,29,35)(H,30,37)(H,31,39)(H,32,38)/b15-14+/t19-,20-/m0/s1. The molecule has 2 atom stereocenters. The average Bonchev–Trinajstić information content (AvgIpc) is 2.96. The highest BCUT2D eigenvalue weighted by molar-refractivity contribution is 5.92. The van der Waals surface area contributed by atoms with Gasteiger partial charge in [0.15, 0.2) is 0 Å². The lowest BCUT2D eigenvalue weighted by molar-refractivity contribution is -0.132. The molecule has 14 nitrogen and oxygen atoms in total. The molecular weight excluding hydrogens is 548 g/mol. The predicted molar refractivity (Wildman–Crippen MR) is 149 cm³/mol. The van der Waals surface area contributed by atoms with Gasteiger partial charge in [-0.3, -0.25) is 24.6 Å². The lowest BCUT2D eigenvalue weighted by Crippen LogP contribution is -2.56. The summed E-state index contributed by atoms with van der Waals surface area (Å²) < 4.78 is 9.93.